The molecule has 1 atom stereocenters. The molecule has 0 spiro atoms. The third-order valence-corrected chi connectivity index (χ3v) is 3.18. The number of para-hydroxylation sites is 1. The fourth-order valence-electron chi connectivity index (χ4n) is 1.52. The molecule has 1 aromatic rings. The Balaban J connectivity index is 3.12. The van der Waals surface area contributed by atoms with Crippen LogP contribution in [0.1, 0.15) is 20.8 Å². The summed E-state index contributed by atoms with van der Waals surface area (Å²) >= 11 is 5.34. The Hall–Kier alpha value is -1.42. The van der Waals surface area contributed by atoms with E-state index in [-0.39, 0.29) is 5.92 Å². The highest BCUT2D eigenvalue weighted by Gasteiger charge is 2.25. The van der Waals surface area contributed by atoms with Gasteiger partial charge < -0.3 is 10.0 Å². The molecule has 0 heterocycles. The first kappa shape index (κ1) is 13.6. The largest absolute Gasteiger partial charge is 0.480 e. The molecule has 0 saturated heterocycles. The molecule has 0 bridgehead atoms. The van der Waals surface area contributed by atoms with Gasteiger partial charge in [0.05, 0.1) is 4.99 Å². The molecule has 0 aliphatic rings. The Morgan fingerprint density at radius 2 is 1.76 bits per heavy atom. The number of carbonyl (C=O) groups is 1. The maximum Gasteiger partial charge on any atom is 0.326 e. The van der Waals surface area contributed by atoms with Crippen LogP contribution in [0.5, 0.6) is 0 Å². The summed E-state index contributed by atoms with van der Waals surface area (Å²) in [4.78, 5) is 13.5. The minimum Gasteiger partial charge on any atom is -0.480 e. The molecule has 3 nitrogen and oxygen atoms in total. The van der Waals surface area contributed by atoms with Gasteiger partial charge >= 0.3 is 5.97 Å². The van der Waals surface area contributed by atoms with Gasteiger partial charge in [0.15, 0.2) is 0 Å². The van der Waals surface area contributed by atoms with Gasteiger partial charge in [0.2, 0.25) is 0 Å². The topological polar surface area (TPSA) is 40.5 Å². The number of thiocarbonyl (C=S) groups is 1. The Labute approximate surface area is 107 Å². The highest BCUT2D eigenvalue weighted by molar-refractivity contribution is 7.80. The molecule has 0 fully saturated rings. The maximum atomic E-state index is 11.1. The Morgan fingerprint density at radius 1 is 1.24 bits per heavy atom. The smallest absolute Gasteiger partial charge is 0.326 e. The number of aliphatic carboxylic acids is 1. The van der Waals surface area contributed by atoms with Crippen LogP contribution in [-0.2, 0) is 4.79 Å². The van der Waals surface area contributed by atoms with Crippen molar-refractivity contribution in [3.8, 4) is 0 Å². The number of benzene rings is 1. The van der Waals surface area contributed by atoms with Gasteiger partial charge in [-0.1, -0.05) is 44.3 Å². The molecule has 0 aliphatic carbocycles. The van der Waals surface area contributed by atoms with Crippen molar-refractivity contribution in [1.82, 2.24) is 0 Å². The molecular formula is C13H17NO2S. The average molecular weight is 251 g/mol. The summed E-state index contributed by atoms with van der Waals surface area (Å²) in [7, 11) is 0. The number of rotatable bonds is 4. The van der Waals surface area contributed by atoms with E-state index in [1.54, 1.807) is 11.8 Å². The van der Waals surface area contributed by atoms with E-state index in [4.69, 9.17) is 17.3 Å². The second-order valence-electron chi connectivity index (χ2n) is 4.21. The van der Waals surface area contributed by atoms with Crippen molar-refractivity contribution in [2.75, 3.05) is 4.90 Å². The molecule has 0 radical (unpaired) electrons. The fourth-order valence-corrected chi connectivity index (χ4v) is 1.78. The van der Waals surface area contributed by atoms with E-state index in [0.717, 1.165) is 5.69 Å². The van der Waals surface area contributed by atoms with Crippen molar-refractivity contribution in [2.45, 2.75) is 26.8 Å². The highest BCUT2D eigenvalue weighted by atomic mass is 32.1. The van der Waals surface area contributed by atoms with Gasteiger partial charge in [0.25, 0.3) is 0 Å². The molecule has 1 rings (SSSR count). The van der Waals surface area contributed by atoms with E-state index in [1.807, 2.05) is 44.2 Å². The van der Waals surface area contributed by atoms with Crippen molar-refractivity contribution < 1.29 is 9.90 Å². The summed E-state index contributed by atoms with van der Waals surface area (Å²) in [5.41, 5.74) is 0.820. The summed E-state index contributed by atoms with van der Waals surface area (Å²) in [5.74, 6) is -0.746. The van der Waals surface area contributed by atoms with E-state index in [2.05, 4.69) is 0 Å². The number of carboxylic acids is 1. The minimum absolute atomic E-state index is 0.131. The van der Waals surface area contributed by atoms with E-state index >= 15 is 0 Å². The third kappa shape index (κ3) is 3.27. The van der Waals surface area contributed by atoms with E-state index in [9.17, 15) is 4.79 Å². The first-order valence-electron chi connectivity index (χ1n) is 5.56. The highest BCUT2D eigenvalue weighted by Crippen LogP contribution is 2.20. The lowest BCUT2D eigenvalue weighted by Crippen LogP contribution is -2.44. The van der Waals surface area contributed by atoms with Crippen LogP contribution in [0.2, 0.25) is 0 Å². The molecular weight excluding hydrogens is 234 g/mol. The molecule has 0 unspecified atom stereocenters. The molecule has 1 aromatic carbocycles. The Morgan fingerprint density at radius 3 is 2.18 bits per heavy atom. The predicted molar refractivity (Wildman–Crippen MR) is 73.5 cm³/mol. The standard InChI is InChI=1S/C13H17NO2S/c1-9(2)12(17)14(10(3)13(15)16)11-7-5-4-6-8-11/h4-10H,1-3H3,(H,15,16)/t10-/m0/s1. The van der Waals surface area contributed by atoms with Crippen molar-refractivity contribution >= 4 is 28.9 Å². The lowest BCUT2D eigenvalue weighted by molar-refractivity contribution is -0.137. The molecule has 17 heavy (non-hydrogen) atoms. The minimum atomic E-state index is -0.878. The zero-order chi connectivity index (χ0) is 13.0. The molecule has 1 N–H and O–H groups in total. The van der Waals surface area contributed by atoms with Gasteiger partial charge in [0.1, 0.15) is 6.04 Å². The molecule has 0 aliphatic heterocycles. The fraction of sp³-hybridized carbons (Fsp3) is 0.385. The molecule has 0 saturated carbocycles. The van der Waals surface area contributed by atoms with Gasteiger partial charge in [0, 0.05) is 11.6 Å². The van der Waals surface area contributed by atoms with Gasteiger partial charge in [-0.15, -0.1) is 0 Å². The van der Waals surface area contributed by atoms with Gasteiger partial charge in [-0.2, -0.15) is 0 Å². The van der Waals surface area contributed by atoms with E-state index in [0.29, 0.717) is 4.99 Å². The monoisotopic (exact) mass is 251 g/mol. The first-order valence-corrected chi connectivity index (χ1v) is 5.97. The predicted octanol–water partition coefficient (Wildman–Crippen LogP) is 2.95. The van der Waals surface area contributed by atoms with Gasteiger partial charge in [-0.25, -0.2) is 4.79 Å². The van der Waals surface area contributed by atoms with Crippen LogP contribution >= 0.6 is 12.2 Å². The van der Waals surface area contributed by atoms with Crippen LogP contribution in [-0.4, -0.2) is 22.1 Å². The second kappa shape index (κ2) is 5.77. The summed E-state index contributed by atoms with van der Waals surface area (Å²) < 4.78 is 0. The van der Waals surface area contributed by atoms with E-state index < -0.39 is 12.0 Å². The second-order valence-corrected chi connectivity index (χ2v) is 4.63. The lowest BCUT2D eigenvalue weighted by atomic mass is 10.1. The first-order chi connectivity index (χ1) is 7.95. The molecule has 4 heteroatoms. The number of hydrogen-bond acceptors (Lipinski definition) is 2. The average Bonchev–Trinajstić information content (AvgIpc) is 2.30. The quantitative estimate of drug-likeness (QED) is 0.835. The van der Waals surface area contributed by atoms with Gasteiger partial charge in [-0.05, 0) is 19.1 Å². The van der Waals surface area contributed by atoms with Crippen LogP contribution < -0.4 is 4.90 Å². The number of hydrogen-bond donors (Lipinski definition) is 1. The van der Waals surface area contributed by atoms with E-state index in [1.165, 1.54) is 0 Å². The third-order valence-electron chi connectivity index (χ3n) is 2.51. The summed E-state index contributed by atoms with van der Waals surface area (Å²) in [6.07, 6.45) is 0. The molecule has 0 aromatic heterocycles. The number of carboxylic acid groups (broad SMARTS) is 1. The van der Waals surface area contributed by atoms with Crippen molar-refractivity contribution in [3.05, 3.63) is 30.3 Å². The number of nitrogens with zero attached hydrogens (tertiary/aromatic N) is 1. The van der Waals surface area contributed by atoms with Crippen LogP contribution in [0.25, 0.3) is 0 Å². The van der Waals surface area contributed by atoms with Crippen LogP contribution in [0.3, 0.4) is 0 Å². The lowest BCUT2D eigenvalue weighted by Gasteiger charge is -2.30. The SMILES string of the molecule is CC(C)C(=S)N(c1ccccc1)[C@@H](C)C(=O)O. The van der Waals surface area contributed by atoms with Crippen molar-refractivity contribution in [3.63, 3.8) is 0 Å². The zero-order valence-electron chi connectivity index (χ0n) is 10.3. The van der Waals surface area contributed by atoms with Crippen molar-refractivity contribution in [1.29, 1.82) is 0 Å². The van der Waals surface area contributed by atoms with Crippen molar-refractivity contribution in [2.24, 2.45) is 5.92 Å². The molecule has 0 amide bonds. The van der Waals surface area contributed by atoms with Crippen LogP contribution in [0, 0.1) is 5.92 Å². The summed E-state index contributed by atoms with van der Waals surface area (Å²) in [5, 5.41) is 9.14. The normalized spacial score (nSPS) is 12.2. The van der Waals surface area contributed by atoms with Crippen LogP contribution in [0.15, 0.2) is 30.3 Å². The summed E-state index contributed by atoms with van der Waals surface area (Å²) in [6.45, 7) is 5.57. The Bertz CT molecular complexity index is 403. The molecule has 92 valence electrons. The maximum absolute atomic E-state index is 11.1. The number of anilines is 1. The summed E-state index contributed by atoms with van der Waals surface area (Å²) in [6, 6.07) is 8.72. The Kier molecular flexibility index (Phi) is 4.63. The zero-order valence-corrected chi connectivity index (χ0v) is 11.1. The van der Waals surface area contributed by atoms with Gasteiger partial charge in [-0.3, -0.25) is 0 Å². The van der Waals surface area contributed by atoms with Crippen LogP contribution in [0.4, 0.5) is 5.69 Å².